The molecule has 2 rings (SSSR count). The van der Waals surface area contributed by atoms with Gasteiger partial charge in [0.25, 0.3) is 0 Å². The van der Waals surface area contributed by atoms with Gasteiger partial charge in [0.15, 0.2) is 5.16 Å². The van der Waals surface area contributed by atoms with E-state index in [9.17, 15) is 4.79 Å². The summed E-state index contributed by atoms with van der Waals surface area (Å²) < 4.78 is 10.2. The number of hydrogen-bond acceptors (Lipinski definition) is 8. The molecule has 7 nitrogen and oxygen atoms in total. The summed E-state index contributed by atoms with van der Waals surface area (Å²) in [6, 6.07) is 9.40. The third-order valence-corrected chi connectivity index (χ3v) is 3.30. The summed E-state index contributed by atoms with van der Waals surface area (Å²) >= 11 is 1.17. The maximum atomic E-state index is 11.2. The number of hydrogen-bond donors (Lipinski definition) is 0. The highest BCUT2D eigenvalue weighted by Crippen LogP contribution is 2.22. The fourth-order valence-electron chi connectivity index (χ4n) is 1.41. The number of rotatable bonds is 6. The molecule has 0 aliphatic carbocycles. The van der Waals surface area contributed by atoms with Crippen molar-refractivity contribution in [3.05, 3.63) is 30.3 Å². The zero-order valence-corrected chi connectivity index (χ0v) is 13.3. The largest absolute Gasteiger partial charge is 0.468 e. The predicted octanol–water partition coefficient (Wildman–Crippen LogP) is 1.99. The lowest BCUT2D eigenvalue weighted by atomic mass is 10.3. The quantitative estimate of drug-likeness (QED) is 0.591. The first-order valence-corrected chi connectivity index (χ1v) is 7.43. The Hall–Kier alpha value is -2.35. The number of aromatic nitrogens is 3. The van der Waals surface area contributed by atoms with Gasteiger partial charge < -0.3 is 14.4 Å². The van der Waals surface area contributed by atoms with Crippen molar-refractivity contribution in [3.63, 3.8) is 0 Å². The van der Waals surface area contributed by atoms with Crippen molar-refractivity contribution in [3.8, 4) is 11.8 Å². The highest BCUT2D eigenvalue weighted by atomic mass is 32.2. The first kappa shape index (κ1) is 16.0. The van der Waals surface area contributed by atoms with Crippen molar-refractivity contribution in [1.82, 2.24) is 15.0 Å². The van der Waals surface area contributed by atoms with Crippen molar-refractivity contribution in [1.29, 1.82) is 0 Å². The van der Waals surface area contributed by atoms with Gasteiger partial charge in [0.1, 0.15) is 5.75 Å². The van der Waals surface area contributed by atoms with E-state index in [1.165, 1.54) is 18.9 Å². The van der Waals surface area contributed by atoms with Gasteiger partial charge in [-0.3, -0.25) is 4.79 Å². The first-order chi connectivity index (χ1) is 10.6. The third kappa shape index (κ3) is 4.59. The summed E-state index contributed by atoms with van der Waals surface area (Å²) in [5.74, 6) is 0.857. The minimum Gasteiger partial charge on any atom is -0.468 e. The highest BCUT2D eigenvalue weighted by molar-refractivity contribution is 7.99. The molecule has 1 aromatic carbocycles. The van der Waals surface area contributed by atoms with E-state index in [1.54, 1.807) is 17.0 Å². The zero-order valence-electron chi connectivity index (χ0n) is 12.5. The van der Waals surface area contributed by atoms with Crippen LogP contribution in [0.3, 0.4) is 0 Å². The molecule has 0 unspecified atom stereocenters. The lowest BCUT2D eigenvalue weighted by Crippen LogP contribution is -2.14. The Morgan fingerprint density at radius 3 is 2.55 bits per heavy atom. The molecule has 0 aliphatic rings. The normalized spacial score (nSPS) is 10.1. The van der Waals surface area contributed by atoms with Crippen LogP contribution in [0.1, 0.15) is 0 Å². The summed E-state index contributed by atoms with van der Waals surface area (Å²) in [4.78, 5) is 25.7. The fraction of sp³-hybridized carbons (Fsp3) is 0.286. The molecule has 8 heteroatoms. The van der Waals surface area contributed by atoms with Crippen LogP contribution in [0.2, 0.25) is 0 Å². The first-order valence-electron chi connectivity index (χ1n) is 6.44. The van der Waals surface area contributed by atoms with Crippen LogP contribution >= 0.6 is 11.8 Å². The summed E-state index contributed by atoms with van der Waals surface area (Å²) in [7, 11) is 4.97. The van der Waals surface area contributed by atoms with E-state index >= 15 is 0 Å². The van der Waals surface area contributed by atoms with E-state index in [-0.39, 0.29) is 17.7 Å². The number of thioether (sulfide) groups is 1. The Bertz CT molecular complexity index is 637. The van der Waals surface area contributed by atoms with Crippen molar-refractivity contribution >= 4 is 23.7 Å². The van der Waals surface area contributed by atoms with Gasteiger partial charge in [0.2, 0.25) is 5.95 Å². The van der Waals surface area contributed by atoms with Gasteiger partial charge in [-0.2, -0.15) is 15.0 Å². The Labute approximate surface area is 132 Å². The van der Waals surface area contributed by atoms with E-state index in [1.807, 2.05) is 32.3 Å². The smallest absolute Gasteiger partial charge is 0.327 e. The van der Waals surface area contributed by atoms with Crippen molar-refractivity contribution in [2.75, 3.05) is 31.9 Å². The van der Waals surface area contributed by atoms with Gasteiger partial charge >= 0.3 is 12.0 Å². The van der Waals surface area contributed by atoms with Crippen LogP contribution in [-0.2, 0) is 9.53 Å². The molecule has 0 saturated carbocycles. The predicted molar refractivity (Wildman–Crippen MR) is 83.4 cm³/mol. The SMILES string of the molecule is COC(=O)CSc1nc(Oc2ccccc2)nc(N(C)C)n1. The van der Waals surface area contributed by atoms with Gasteiger partial charge in [-0.25, -0.2) is 0 Å². The van der Waals surface area contributed by atoms with Crippen LogP contribution in [0.4, 0.5) is 5.95 Å². The number of benzene rings is 1. The molecular weight excluding hydrogens is 304 g/mol. The average molecular weight is 320 g/mol. The second-order valence-electron chi connectivity index (χ2n) is 4.37. The molecule has 116 valence electrons. The highest BCUT2D eigenvalue weighted by Gasteiger charge is 2.12. The van der Waals surface area contributed by atoms with Gasteiger partial charge in [0.05, 0.1) is 12.9 Å². The topological polar surface area (TPSA) is 77.4 Å². The van der Waals surface area contributed by atoms with E-state index in [4.69, 9.17) is 4.74 Å². The molecule has 0 N–H and O–H groups in total. The van der Waals surface area contributed by atoms with Gasteiger partial charge in [-0.15, -0.1) is 0 Å². The van der Waals surface area contributed by atoms with Crippen molar-refractivity contribution in [2.45, 2.75) is 5.16 Å². The van der Waals surface area contributed by atoms with E-state index in [0.29, 0.717) is 16.9 Å². The van der Waals surface area contributed by atoms with Crippen LogP contribution in [0.25, 0.3) is 0 Å². The molecule has 1 heterocycles. The number of ether oxygens (including phenoxy) is 2. The fourth-order valence-corrected chi connectivity index (χ4v) is 2.07. The van der Waals surface area contributed by atoms with Crippen LogP contribution in [0.15, 0.2) is 35.5 Å². The number of esters is 1. The molecular formula is C14H16N4O3S. The maximum Gasteiger partial charge on any atom is 0.327 e. The number of anilines is 1. The Kier molecular flexibility index (Phi) is 5.54. The lowest BCUT2D eigenvalue weighted by Gasteiger charge is -2.12. The third-order valence-electron chi connectivity index (χ3n) is 2.48. The molecule has 0 aliphatic heterocycles. The molecule has 0 saturated heterocycles. The number of nitrogens with zero attached hydrogens (tertiary/aromatic N) is 4. The van der Waals surface area contributed by atoms with E-state index in [0.717, 1.165) is 0 Å². The molecule has 2 aromatic rings. The van der Waals surface area contributed by atoms with Gasteiger partial charge in [-0.1, -0.05) is 30.0 Å². The van der Waals surface area contributed by atoms with Crippen LogP contribution in [0.5, 0.6) is 11.8 Å². The Morgan fingerprint density at radius 2 is 1.91 bits per heavy atom. The molecule has 22 heavy (non-hydrogen) atoms. The average Bonchev–Trinajstić information content (AvgIpc) is 2.53. The van der Waals surface area contributed by atoms with E-state index in [2.05, 4.69) is 19.7 Å². The second kappa shape index (κ2) is 7.60. The molecule has 0 atom stereocenters. The molecule has 0 spiro atoms. The Balaban J connectivity index is 2.21. The number of methoxy groups -OCH3 is 1. The van der Waals surface area contributed by atoms with Gasteiger partial charge in [0, 0.05) is 14.1 Å². The van der Waals surface area contributed by atoms with Crippen molar-refractivity contribution < 1.29 is 14.3 Å². The standard InChI is InChI=1S/C14H16N4O3S/c1-18(2)12-15-13(21-10-7-5-4-6-8-10)17-14(16-12)22-9-11(19)20-3/h4-8H,9H2,1-3H3. The molecule has 1 aromatic heterocycles. The number of para-hydroxylation sites is 1. The van der Waals surface area contributed by atoms with Crippen LogP contribution < -0.4 is 9.64 Å². The minimum atomic E-state index is -0.345. The molecule has 0 bridgehead atoms. The molecule has 0 fully saturated rings. The van der Waals surface area contributed by atoms with E-state index < -0.39 is 0 Å². The Morgan fingerprint density at radius 1 is 1.18 bits per heavy atom. The number of carbonyl (C=O) groups is 1. The maximum absolute atomic E-state index is 11.2. The molecule has 0 radical (unpaired) electrons. The summed E-state index contributed by atoms with van der Waals surface area (Å²) in [6.07, 6.45) is 0. The van der Waals surface area contributed by atoms with Gasteiger partial charge in [-0.05, 0) is 12.1 Å². The molecule has 0 amide bonds. The minimum absolute atomic E-state index is 0.123. The number of carbonyl (C=O) groups excluding carboxylic acids is 1. The lowest BCUT2D eigenvalue weighted by molar-refractivity contribution is -0.137. The van der Waals surface area contributed by atoms with Crippen molar-refractivity contribution in [2.24, 2.45) is 0 Å². The summed E-state index contributed by atoms with van der Waals surface area (Å²) in [5, 5.41) is 0.398. The van der Waals surface area contributed by atoms with Crippen LogP contribution in [-0.4, -0.2) is 47.9 Å². The summed E-state index contributed by atoms with van der Waals surface area (Å²) in [6.45, 7) is 0. The zero-order chi connectivity index (χ0) is 15.9. The summed E-state index contributed by atoms with van der Waals surface area (Å²) in [5.41, 5.74) is 0. The van der Waals surface area contributed by atoms with Crippen LogP contribution in [0, 0.1) is 0 Å². The second-order valence-corrected chi connectivity index (χ2v) is 5.32. The monoisotopic (exact) mass is 320 g/mol.